The van der Waals surface area contributed by atoms with Crippen LogP contribution < -0.4 is 0 Å². The first-order valence-corrected chi connectivity index (χ1v) is 15.6. The van der Waals surface area contributed by atoms with Crippen molar-refractivity contribution < 1.29 is 35.1 Å². The fraction of sp³-hybridized carbons (Fsp3) is 0.969. The van der Waals surface area contributed by atoms with Crippen LogP contribution in [0.5, 0.6) is 0 Å². The lowest BCUT2D eigenvalue weighted by atomic mass is 9.40. The molecule has 5 fully saturated rings. The molecule has 7 nitrogen and oxygen atoms in total. The number of hydrogen-bond acceptors (Lipinski definition) is 7. The van der Waals surface area contributed by atoms with E-state index in [1.807, 2.05) is 0 Å². The second kappa shape index (κ2) is 9.39. The van der Waals surface area contributed by atoms with Crippen LogP contribution in [0.1, 0.15) is 93.9 Å². The third kappa shape index (κ3) is 3.88. The first-order valence-electron chi connectivity index (χ1n) is 15.6. The van der Waals surface area contributed by atoms with Crippen LogP contribution in [-0.2, 0) is 9.53 Å². The van der Waals surface area contributed by atoms with Crippen LogP contribution in [0.4, 0.5) is 0 Å². The van der Waals surface area contributed by atoms with Gasteiger partial charge in [0.15, 0.2) is 0 Å². The molecule has 5 rings (SSSR count). The Kier molecular flexibility index (Phi) is 7.16. The Morgan fingerprint density at radius 1 is 0.897 bits per heavy atom. The van der Waals surface area contributed by atoms with Crippen molar-refractivity contribution in [2.24, 2.45) is 63.6 Å². The quantitative estimate of drug-likeness (QED) is 0.331. The first-order chi connectivity index (χ1) is 18.0. The van der Waals surface area contributed by atoms with Crippen molar-refractivity contribution in [3.8, 4) is 0 Å². The Morgan fingerprint density at radius 2 is 1.54 bits per heavy atom. The molecule has 0 radical (unpaired) electrons. The van der Waals surface area contributed by atoms with Crippen molar-refractivity contribution >= 4 is 5.97 Å². The smallest absolute Gasteiger partial charge is 0.303 e. The molecule has 0 bridgehead atoms. The molecule has 0 aromatic rings. The zero-order valence-electron chi connectivity index (χ0n) is 25.3. The van der Waals surface area contributed by atoms with E-state index in [4.69, 9.17) is 4.74 Å². The summed E-state index contributed by atoms with van der Waals surface area (Å²) in [5.41, 5.74) is -3.19. The van der Waals surface area contributed by atoms with Gasteiger partial charge in [0.2, 0.25) is 0 Å². The fourth-order valence-corrected chi connectivity index (χ4v) is 11.4. The normalized spacial score (nSPS) is 56.3. The minimum Gasteiger partial charge on any atom is -0.459 e. The van der Waals surface area contributed by atoms with E-state index in [0.717, 1.165) is 12.8 Å². The predicted octanol–water partition coefficient (Wildman–Crippen LogP) is 3.53. The van der Waals surface area contributed by atoms with Crippen molar-refractivity contribution in [3.05, 3.63) is 0 Å². The third-order valence-corrected chi connectivity index (χ3v) is 14.0. The monoisotopic (exact) mass is 550 g/mol. The number of esters is 1. The highest BCUT2D eigenvalue weighted by Gasteiger charge is 2.75. The molecule has 16 atom stereocenters. The molecule has 0 aromatic heterocycles. The zero-order valence-corrected chi connectivity index (χ0v) is 25.3. The third-order valence-electron chi connectivity index (χ3n) is 14.0. The minimum atomic E-state index is -1.74. The summed E-state index contributed by atoms with van der Waals surface area (Å²) in [5.74, 6) is 1.35. The Hall–Kier alpha value is -0.730. The fourth-order valence-electron chi connectivity index (χ4n) is 11.4. The van der Waals surface area contributed by atoms with Crippen LogP contribution >= 0.6 is 0 Å². The topological polar surface area (TPSA) is 127 Å². The van der Waals surface area contributed by atoms with Gasteiger partial charge in [-0.3, -0.25) is 4.79 Å². The van der Waals surface area contributed by atoms with Gasteiger partial charge < -0.3 is 30.3 Å². The van der Waals surface area contributed by atoms with Crippen molar-refractivity contribution in [1.82, 2.24) is 0 Å². The number of carbonyl (C=O) groups is 1. The van der Waals surface area contributed by atoms with E-state index in [0.29, 0.717) is 30.1 Å². The SMILES string of the molecule is CC(=O)O[C@@H]1[C@@H](O)C2[C@@H](C[C@@H](O)[C@@]3(O)C[C@@H](O)C[C@H](O)[C@]23C)C2CC[C@H]([C@H](C)[C@H]3C[C@]3(C)[C@H](C)C(C)C)[C@]21C. The van der Waals surface area contributed by atoms with Crippen LogP contribution in [-0.4, -0.2) is 67.6 Å². The lowest BCUT2D eigenvalue weighted by Gasteiger charge is -2.68. The van der Waals surface area contributed by atoms with Crippen LogP contribution in [0.15, 0.2) is 0 Å². The Labute approximate surface area is 234 Å². The summed E-state index contributed by atoms with van der Waals surface area (Å²) in [4.78, 5) is 12.5. The molecule has 39 heavy (non-hydrogen) atoms. The van der Waals surface area contributed by atoms with E-state index in [-0.39, 0.29) is 36.0 Å². The van der Waals surface area contributed by atoms with E-state index in [9.17, 15) is 30.3 Å². The van der Waals surface area contributed by atoms with Crippen molar-refractivity contribution in [1.29, 1.82) is 0 Å². The summed E-state index contributed by atoms with van der Waals surface area (Å²) < 4.78 is 6.06. The molecule has 5 aliphatic carbocycles. The number of carbonyl (C=O) groups excluding carboxylic acids is 1. The first kappa shape index (κ1) is 29.8. The van der Waals surface area contributed by atoms with Gasteiger partial charge in [0, 0.05) is 30.1 Å². The highest BCUT2D eigenvalue weighted by Crippen LogP contribution is 2.72. The van der Waals surface area contributed by atoms with E-state index in [1.165, 1.54) is 13.3 Å². The molecule has 5 N–H and O–H groups in total. The summed E-state index contributed by atoms with van der Waals surface area (Å²) >= 11 is 0. The van der Waals surface area contributed by atoms with Gasteiger partial charge in [0.05, 0.1) is 24.4 Å². The molecule has 2 unspecified atom stereocenters. The molecule has 7 heteroatoms. The summed E-state index contributed by atoms with van der Waals surface area (Å²) in [6.45, 7) is 17.1. The molecular weight excluding hydrogens is 496 g/mol. The van der Waals surface area contributed by atoms with Gasteiger partial charge in [-0.2, -0.15) is 0 Å². The number of rotatable bonds is 5. The van der Waals surface area contributed by atoms with Gasteiger partial charge in [-0.05, 0) is 78.9 Å². The average Bonchev–Trinajstić information content (AvgIpc) is 3.40. The highest BCUT2D eigenvalue weighted by atomic mass is 16.6. The number of hydrogen-bond donors (Lipinski definition) is 5. The maximum atomic E-state index is 12.5. The van der Waals surface area contributed by atoms with Crippen molar-refractivity contribution in [2.75, 3.05) is 0 Å². The summed E-state index contributed by atoms with van der Waals surface area (Å²) in [6, 6.07) is 0. The summed E-state index contributed by atoms with van der Waals surface area (Å²) in [5, 5.41) is 57.3. The van der Waals surface area contributed by atoms with Gasteiger partial charge in [-0.15, -0.1) is 0 Å². The summed E-state index contributed by atoms with van der Waals surface area (Å²) in [6.07, 6.45) is -1.63. The van der Waals surface area contributed by atoms with E-state index in [2.05, 4.69) is 41.5 Å². The molecule has 0 aromatic carbocycles. The van der Waals surface area contributed by atoms with Gasteiger partial charge >= 0.3 is 5.97 Å². The van der Waals surface area contributed by atoms with Gasteiger partial charge in [0.25, 0.3) is 0 Å². The lowest BCUT2D eigenvalue weighted by Crippen LogP contribution is -2.77. The van der Waals surface area contributed by atoms with Crippen LogP contribution in [0.3, 0.4) is 0 Å². The standard InChI is InChI=1S/C32H54O7/c1-15(2)17(4)29(6)14-23(29)16(3)21-9-10-22-20-12-25(36)32(38)13-19(34)11-24(35)31(32,8)26(20)27(37)28(30(21,22)7)39-18(5)33/h15-17,19-28,34-38H,9-14H2,1-8H3/t16-,17+,19-,20-,21+,22?,23+,24-,25+,26?,27-,28+,29+,30+,31+,32-/m0/s1. The minimum absolute atomic E-state index is 0.0498. The number of fused-ring (bicyclic) bond motifs is 5. The molecule has 5 saturated carbocycles. The Bertz CT molecular complexity index is 970. The lowest BCUT2D eigenvalue weighted by molar-refractivity contribution is -0.324. The molecule has 0 spiro atoms. The highest BCUT2D eigenvalue weighted by molar-refractivity contribution is 5.66. The van der Waals surface area contributed by atoms with E-state index < -0.39 is 58.8 Å². The second-order valence-electron chi connectivity index (χ2n) is 15.6. The zero-order chi connectivity index (χ0) is 29.0. The van der Waals surface area contributed by atoms with Gasteiger partial charge in [-0.1, -0.05) is 48.5 Å². The molecular formula is C32H54O7. The molecule has 0 aliphatic heterocycles. The maximum absolute atomic E-state index is 12.5. The largest absolute Gasteiger partial charge is 0.459 e. The molecule has 5 aliphatic rings. The van der Waals surface area contributed by atoms with Crippen LogP contribution in [0.2, 0.25) is 0 Å². The van der Waals surface area contributed by atoms with Crippen LogP contribution in [0, 0.1) is 63.6 Å². The van der Waals surface area contributed by atoms with E-state index >= 15 is 0 Å². The van der Waals surface area contributed by atoms with Crippen molar-refractivity contribution in [3.63, 3.8) is 0 Å². The van der Waals surface area contributed by atoms with Gasteiger partial charge in [0.1, 0.15) is 11.7 Å². The maximum Gasteiger partial charge on any atom is 0.303 e. The molecule has 0 saturated heterocycles. The molecule has 0 amide bonds. The molecule has 224 valence electrons. The summed E-state index contributed by atoms with van der Waals surface area (Å²) in [7, 11) is 0. The Balaban J connectivity index is 1.55. The van der Waals surface area contributed by atoms with E-state index in [1.54, 1.807) is 6.92 Å². The van der Waals surface area contributed by atoms with Crippen molar-refractivity contribution in [2.45, 2.75) is 130 Å². The van der Waals surface area contributed by atoms with Crippen LogP contribution in [0.25, 0.3) is 0 Å². The Morgan fingerprint density at radius 3 is 2.13 bits per heavy atom. The molecule has 0 heterocycles. The second-order valence-corrected chi connectivity index (χ2v) is 15.6. The van der Waals surface area contributed by atoms with Gasteiger partial charge in [-0.25, -0.2) is 0 Å². The average molecular weight is 551 g/mol. The number of aliphatic hydroxyl groups excluding tert-OH is 4. The predicted molar refractivity (Wildman–Crippen MR) is 147 cm³/mol. The number of ether oxygens (including phenoxy) is 1. The number of aliphatic hydroxyl groups is 5.